The summed E-state index contributed by atoms with van der Waals surface area (Å²) in [7, 11) is -7.60. The third kappa shape index (κ3) is 6.12. The number of carbonyl (C=O) groups excluding carboxylic acids is 1. The van der Waals surface area contributed by atoms with Gasteiger partial charge >= 0.3 is 6.03 Å². The van der Waals surface area contributed by atoms with E-state index in [0.29, 0.717) is 6.42 Å². The standard InChI is InChI=1S/C27H28N4O5S2/c1-19-26(22-7-5-4-6-8-22)20(2)31(29-19)23-11-9-21(10-12-23)17-18-28-27(32)30-38(35,36)25-15-13-24(14-16-25)37(3,33)34/h4-16H,17-18H2,1-3H3,(H2,28,30,32). The average molecular weight is 553 g/mol. The van der Waals surface area contributed by atoms with Crippen LogP contribution in [0.4, 0.5) is 4.79 Å². The van der Waals surface area contributed by atoms with E-state index in [1.165, 1.54) is 12.1 Å². The zero-order chi connectivity index (χ0) is 27.5. The highest BCUT2D eigenvalue weighted by molar-refractivity contribution is 7.91. The molecule has 4 aromatic rings. The third-order valence-electron chi connectivity index (χ3n) is 6.02. The van der Waals surface area contributed by atoms with Crippen LogP contribution in [0.3, 0.4) is 0 Å². The first-order valence-electron chi connectivity index (χ1n) is 11.8. The maximum Gasteiger partial charge on any atom is 0.328 e. The monoisotopic (exact) mass is 552 g/mol. The van der Waals surface area contributed by atoms with Crippen molar-refractivity contribution in [3.05, 3.63) is 95.8 Å². The summed E-state index contributed by atoms with van der Waals surface area (Å²) in [6.45, 7) is 4.24. The Hall–Kier alpha value is -3.96. The minimum Gasteiger partial charge on any atom is -0.337 e. The fourth-order valence-electron chi connectivity index (χ4n) is 4.12. The second-order valence-corrected chi connectivity index (χ2v) is 12.5. The molecule has 0 radical (unpaired) electrons. The Morgan fingerprint density at radius 3 is 2.05 bits per heavy atom. The number of nitrogens with one attached hydrogen (secondary N) is 2. The lowest BCUT2D eigenvalue weighted by Gasteiger charge is -2.10. The summed E-state index contributed by atoms with van der Waals surface area (Å²) in [6, 6.07) is 21.7. The van der Waals surface area contributed by atoms with E-state index in [1.54, 1.807) is 0 Å². The molecular formula is C27H28N4O5S2. The van der Waals surface area contributed by atoms with Crippen molar-refractivity contribution in [2.24, 2.45) is 0 Å². The molecule has 0 unspecified atom stereocenters. The maximum absolute atomic E-state index is 12.4. The quantitative estimate of drug-likeness (QED) is 0.342. The zero-order valence-electron chi connectivity index (χ0n) is 21.2. The van der Waals surface area contributed by atoms with Gasteiger partial charge in [-0.1, -0.05) is 42.5 Å². The number of hydrogen-bond donors (Lipinski definition) is 2. The molecule has 38 heavy (non-hydrogen) atoms. The van der Waals surface area contributed by atoms with Gasteiger partial charge in [0.1, 0.15) is 0 Å². The molecule has 1 aromatic heterocycles. The molecule has 0 fully saturated rings. The molecule has 2 amide bonds. The predicted octanol–water partition coefficient (Wildman–Crippen LogP) is 3.79. The number of carbonyl (C=O) groups is 1. The molecule has 0 aliphatic rings. The van der Waals surface area contributed by atoms with Gasteiger partial charge in [0.15, 0.2) is 9.84 Å². The summed E-state index contributed by atoms with van der Waals surface area (Å²) in [5.74, 6) is 0. The van der Waals surface area contributed by atoms with E-state index in [1.807, 2.05) is 65.7 Å². The maximum atomic E-state index is 12.4. The number of hydrogen-bond acceptors (Lipinski definition) is 6. The number of aromatic nitrogens is 2. The Balaban J connectivity index is 1.34. The molecule has 0 atom stereocenters. The SMILES string of the molecule is Cc1nn(-c2ccc(CCNC(=O)NS(=O)(=O)c3ccc(S(C)(=O)=O)cc3)cc2)c(C)c1-c1ccccc1. The second-order valence-electron chi connectivity index (χ2n) is 8.85. The number of amides is 2. The van der Waals surface area contributed by atoms with E-state index in [0.717, 1.165) is 52.2 Å². The normalized spacial score (nSPS) is 11.8. The minimum atomic E-state index is -4.15. The van der Waals surface area contributed by atoms with Gasteiger partial charge in [0, 0.05) is 24.1 Å². The van der Waals surface area contributed by atoms with E-state index in [9.17, 15) is 21.6 Å². The summed E-state index contributed by atoms with van der Waals surface area (Å²) >= 11 is 0. The minimum absolute atomic E-state index is 0.0126. The smallest absolute Gasteiger partial charge is 0.328 e. The van der Waals surface area contributed by atoms with Crippen molar-refractivity contribution in [3.63, 3.8) is 0 Å². The van der Waals surface area contributed by atoms with Crippen LogP contribution >= 0.6 is 0 Å². The number of urea groups is 1. The fourth-order valence-corrected chi connectivity index (χ4v) is 5.68. The van der Waals surface area contributed by atoms with Crippen molar-refractivity contribution in [1.82, 2.24) is 19.8 Å². The highest BCUT2D eigenvalue weighted by Crippen LogP contribution is 2.28. The Morgan fingerprint density at radius 1 is 0.842 bits per heavy atom. The van der Waals surface area contributed by atoms with Gasteiger partial charge in [-0.15, -0.1) is 0 Å². The van der Waals surface area contributed by atoms with E-state index < -0.39 is 25.9 Å². The Bertz CT molecular complexity index is 1660. The van der Waals surface area contributed by atoms with Crippen molar-refractivity contribution >= 4 is 25.9 Å². The Labute approximate surface area is 222 Å². The van der Waals surface area contributed by atoms with Gasteiger partial charge in [-0.3, -0.25) is 0 Å². The Kier molecular flexibility index (Phi) is 7.70. The summed E-state index contributed by atoms with van der Waals surface area (Å²) in [5, 5.41) is 7.25. The number of rotatable bonds is 8. The predicted molar refractivity (Wildman–Crippen MR) is 145 cm³/mol. The molecule has 9 nitrogen and oxygen atoms in total. The van der Waals surface area contributed by atoms with E-state index in [2.05, 4.69) is 17.4 Å². The van der Waals surface area contributed by atoms with Gasteiger partial charge in [0.05, 0.1) is 21.2 Å². The molecule has 1 heterocycles. The molecule has 0 saturated heterocycles. The fraction of sp³-hybridized carbons (Fsp3) is 0.185. The molecule has 0 saturated carbocycles. The van der Waals surface area contributed by atoms with Gasteiger partial charge < -0.3 is 5.32 Å². The molecule has 0 spiro atoms. The lowest BCUT2D eigenvalue weighted by Crippen LogP contribution is -2.40. The van der Waals surface area contributed by atoms with Gasteiger partial charge in [0.2, 0.25) is 0 Å². The third-order valence-corrected chi connectivity index (χ3v) is 8.50. The van der Waals surface area contributed by atoms with Crippen molar-refractivity contribution in [3.8, 4) is 16.8 Å². The largest absolute Gasteiger partial charge is 0.337 e. The molecule has 0 aliphatic carbocycles. The van der Waals surface area contributed by atoms with Crippen LogP contribution in [0.5, 0.6) is 0 Å². The van der Waals surface area contributed by atoms with Gasteiger partial charge in [-0.25, -0.2) is 31.0 Å². The lowest BCUT2D eigenvalue weighted by atomic mass is 10.0. The summed E-state index contributed by atoms with van der Waals surface area (Å²) in [5.41, 5.74) is 6.06. The van der Waals surface area contributed by atoms with E-state index >= 15 is 0 Å². The van der Waals surface area contributed by atoms with Crippen LogP contribution in [0.15, 0.2) is 88.7 Å². The van der Waals surface area contributed by atoms with E-state index in [4.69, 9.17) is 5.10 Å². The summed E-state index contributed by atoms with van der Waals surface area (Å²) in [6.07, 6.45) is 1.51. The van der Waals surface area contributed by atoms with Crippen molar-refractivity contribution in [2.75, 3.05) is 12.8 Å². The highest BCUT2D eigenvalue weighted by Gasteiger charge is 2.19. The van der Waals surface area contributed by atoms with Crippen molar-refractivity contribution in [2.45, 2.75) is 30.1 Å². The molecule has 11 heteroatoms. The highest BCUT2D eigenvalue weighted by atomic mass is 32.2. The summed E-state index contributed by atoms with van der Waals surface area (Å²) in [4.78, 5) is 11.9. The number of benzene rings is 3. The number of sulfonamides is 1. The van der Waals surface area contributed by atoms with Crippen molar-refractivity contribution < 1.29 is 21.6 Å². The Morgan fingerprint density at radius 2 is 1.45 bits per heavy atom. The van der Waals surface area contributed by atoms with Gasteiger partial charge in [0.25, 0.3) is 10.0 Å². The van der Waals surface area contributed by atoms with Crippen LogP contribution in [0, 0.1) is 13.8 Å². The summed E-state index contributed by atoms with van der Waals surface area (Å²) < 4.78 is 51.8. The van der Waals surface area contributed by atoms with Crippen LogP contribution in [0.2, 0.25) is 0 Å². The zero-order valence-corrected chi connectivity index (χ0v) is 22.8. The topological polar surface area (TPSA) is 127 Å². The number of aryl methyl sites for hydroxylation is 1. The lowest BCUT2D eigenvalue weighted by molar-refractivity contribution is 0.246. The van der Waals surface area contributed by atoms with Crippen LogP contribution < -0.4 is 10.0 Å². The van der Waals surface area contributed by atoms with Gasteiger partial charge in [-0.2, -0.15) is 5.10 Å². The average Bonchev–Trinajstić information content (AvgIpc) is 3.18. The first kappa shape index (κ1) is 27.1. The van der Waals surface area contributed by atoms with E-state index in [-0.39, 0.29) is 16.3 Å². The molecule has 3 aromatic carbocycles. The molecule has 2 N–H and O–H groups in total. The van der Waals surface area contributed by atoms with Crippen LogP contribution in [-0.4, -0.2) is 45.4 Å². The first-order chi connectivity index (χ1) is 18.0. The molecule has 4 rings (SSSR count). The number of nitrogens with zero attached hydrogens (tertiary/aromatic N) is 2. The molecule has 0 aliphatic heterocycles. The van der Waals surface area contributed by atoms with Gasteiger partial charge in [-0.05, 0) is 67.8 Å². The molecule has 198 valence electrons. The van der Waals surface area contributed by atoms with Crippen LogP contribution in [0.25, 0.3) is 16.8 Å². The first-order valence-corrected chi connectivity index (χ1v) is 15.1. The number of sulfone groups is 1. The van der Waals surface area contributed by atoms with Crippen molar-refractivity contribution in [1.29, 1.82) is 0 Å². The molecular weight excluding hydrogens is 524 g/mol. The van der Waals surface area contributed by atoms with Crippen LogP contribution in [-0.2, 0) is 26.3 Å². The second kappa shape index (κ2) is 10.8. The molecule has 0 bridgehead atoms. The van der Waals surface area contributed by atoms with Crippen LogP contribution in [0.1, 0.15) is 17.0 Å².